The van der Waals surface area contributed by atoms with Crippen molar-refractivity contribution in [3.63, 3.8) is 0 Å². The molecule has 1 amide bonds. The maximum absolute atomic E-state index is 11.8. The Balaban J connectivity index is 0.000000272. The van der Waals surface area contributed by atoms with E-state index >= 15 is 0 Å². The van der Waals surface area contributed by atoms with Gasteiger partial charge in [0.2, 0.25) is 0 Å². The number of ether oxygens (including phenoxy) is 1. The molecule has 0 unspecified atom stereocenters. The molecular formula is C39H56ClN5O5. The molecule has 11 heteroatoms. The van der Waals surface area contributed by atoms with E-state index < -0.39 is 11.9 Å². The van der Waals surface area contributed by atoms with E-state index in [1.54, 1.807) is 50.2 Å². The molecule has 4 aromatic rings. The number of anilines is 1. The highest BCUT2D eigenvalue weighted by Gasteiger charge is 2.34. The lowest BCUT2D eigenvalue weighted by Crippen LogP contribution is -2.27. The molecule has 0 fully saturated rings. The minimum Gasteiger partial charge on any atom is -0.508 e. The summed E-state index contributed by atoms with van der Waals surface area (Å²) in [4.78, 5) is 27.6. The minimum absolute atomic E-state index is 0.149. The average molecular weight is 710 g/mol. The van der Waals surface area contributed by atoms with Gasteiger partial charge in [0.1, 0.15) is 16.5 Å². The molecule has 2 heterocycles. The SMILES string of the molecule is CC(C)(C)CC(C)(C)c1cc(O)c(C(C)(C)CC(C)(C)C)cc1O.Cc1[nH]n2nc(-c3ccc(NC(=O)COC(=O)C(C)C)cc3)nc2c1Cl. The Kier molecular flexibility index (Phi) is 12.2. The van der Waals surface area contributed by atoms with Gasteiger partial charge in [-0.2, -0.15) is 4.63 Å². The van der Waals surface area contributed by atoms with Crippen molar-refractivity contribution in [1.29, 1.82) is 0 Å². The second kappa shape index (κ2) is 15.1. The third-order valence-electron chi connectivity index (χ3n) is 8.17. The Labute approximate surface area is 302 Å². The highest BCUT2D eigenvalue weighted by molar-refractivity contribution is 6.34. The van der Waals surface area contributed by atoms with Crippen molar-refractivity contribution in [3.8, 4) is 22.9 Å². The summed E-state index contributed by atoms with van der Waals surface area (Å²) in [6, 6.07) is 10.6. The number of fused-ring (bicyclic) bond motifs is 1. The second-order valence-corrected chi connectivity index (χ2v) is 17.6. The van der Waals surface area contributed by atoms with E-state index in [9.17, 15) is 19.8 Å². The van der Waals surface area contributed by atoms with Gasteiger partial charge in [0, 0.05) is 22.4 Å². The van der Waals surface area contributed by atoms with Crippen LogP contribution in [0.5, 0.6) is 11.5 Å². The number of esters is 1. The second-order valence-electron chi connectivity index (χ2n) is 17.2. The molecule has 0 aliphatic carbocycles. The van der Waals surface area contributed by atoms with Gasteiger partial charge in [-0.3, -0.25) is 14.7 Å². The number of halogens is 1. The molecule has 0 spiro atoms. The third kappa shape index (κ3) is 10.7. The first kappa shape index (κ1) is 40.4. The van der Waals surface area contributed by atoms with Gasteiger partial charge in [-0.15, -0.1) is 5.10 Å². The molecule has 50 heavy (non-hydrogen) atoms. The summed E-state index contributed by atoms with van der Waals surface area (Å²) in [5, 5.41) is 31.9. The van der Waals surface area contributed by atoms with Crippen LogP contribution in [0, 0.1) is 23.7 Å². The number of aromatic amines is 1. The summed E-state index contributed by atoms with van der Waals surface area (Å²) < 4.78 is 6.41. The molecule has 0 radical (unpaired) electrons. The van der Waals surface area contributed by atoms with E-state index in [1.807, 2.05) is 6.92 Å². The lowest BCUT2D eigenvalue weighted by molar-refractivity contribution is -0.150. The quantitative estimate of drug-likeness (QED) is 0.100. The van der Waals surface area contributed by atoms with Crippen molar-refractivity contribution in [3.05, 3.63) is 58.2 Å². The van der Waals surface area contributed by atoms with Crippen molar-refractivity contribution < 1.29 is 24.5 Å². The van der Waals surface area contributed by atoms with Crippen LogP contribution in [0.15, 0.2) is 36.4 Å². The van der Waals surface area contributed by atoms with Crippen LogP contribution in [0.25, 0.3) is 17.0 Å². The third-order valence-corrected chi connectivity index (χ3v) is 8.62. The Bertz CT molecular complexity index is 1750. The average Bonchev–Trinajstić information content (AvgIpc) is 3.48. The summed E-state index contributed by atoms with van der Waals surface area (Å²) in [5.41, 5.74) is 4.26. The number of nitrogens with one attached hydrogen (secondary N) is 2. The first-order chi connectivity index (χ1) is 22.8. The Hall–Kier alpha value is -4.05. The molecule has 0 aliphatic heterocycles. The molecule has 0 saturated carbocycles. The zero-order valence-corrected chi connectivity index (χ0v) is 32.8. The van der Waals surface area contributed by atoms with Crippen molar-refractivity contribution in [1.82, 2.24) is 19.8 Å². The number of carbonyl (C=O) groups is 2. The predicted molar refractivity (Wildman–Crippen MR) is 201 cm³/mol. The van der Waals surface area contributed by atoms with Gasteiger partial charge in [-0.1, -0.05) is 94.7 Å². The van der Waals surface area contributed by atoms with Crippen LogP contribution in [-0.2, 0) is 25.2 Å². The van der Waals surface area contributed by atoms with Gasteiger partial charge in [-0.25, -0.2) is 4.98 Å². The standard InChI is InChI=1S/C22H38O2.C17H18ClN5O3/c1-19(2,3)13-21(7,8)15-11-18(24)16(12-17(15)23)22(9,10)14-20(4,5)6;1-9(2)17(25)26-8-13(24)19-12-6-4-11(5-7-12)15-20-16-14(18)10(3)21-23(16)22-15/h11-12,23-24H,13-14H2,1-10H3;4-7,9,21H,8H2,1-3H3,(H,19,24). The predicted octanol–water partition coefficient (Wildman–Crippen LogP) is 9.35. The molecule has 2 aromatic carbocycles. The van der Waals surface area contributed by atoms with Crippen molar-refractivity contribution >= 4 is 34.8 Å². The summed E-state index contributed by atoms with van der Waals surface area (Å²) in [7, 11) is 0. The normalized spacial score (nSPS) is 12.5. The van der Waals surface area contributed by atoms with Crippen LogP contribution in [0.2, 0.25) is 5.02 Å². The summed E-state index contributed by atoms with van der Waals surface area (Å²) in [6.45, 7) is 26.7. The van der Waals surface area contributed by atoms with Crippen LogP contribution in [0.3, 0.4) is 0 Å². The number of carbonyl (C=O) groups excluding carboxylic acids is 2. The van der Waals surface area contributed by atoms with Gasteiger partial charge in [0.05, 0.1) is 11.6 Å². The highest BCUT2D eigenvalue weighted by Crippen LogP contribution is 2.46. The summed E-state index contributed by atoms with van der Waals surface area (Å²) in [6.07, 6.45) is 1.86. The fourth-order valence-corrected chi connectivity index (χ4v) is 6.90. The number of hydrogen-bond acceptors (Lipinski definition) is 7. The van der Waals surface area contributed by atoms with E-state index in [0.717, 1.165) is 35.2 Å². The van der Waals surface area contributed by atoms with Gasteiger partial charge >= 0.3 is 5.97 Å². The summed E-state index contributed by atoms with van der Waals surface area (Å²) >= 11 is 6.16. The van der Waals surface area contributed by atoms with Gasteiger partial charge in [0.25, 0.3) is 5.91 Å². The molecule has 4 rings (SSSR count). The number of aryl methyl sites for hydroxylation is 1. The van der Waals surface area contributed by atoms with Crippen molar-refractivity contribution in [2.45, 2.75) is 114 Å². The van der Waals surface area contributed by atoms with Crippen molar-refractivity contribution in [2.24, 2.45) is 16.7 Å². The molecule has 2 aromatic heterocycles. The summed E-state index contributed by atoms with van der Waals surface area (Å²) in [5.74, 6) is 0.0149. The zero-order valence-electron chi connectivity index (χ0n) is 32.0. The number of aromatic nitrogens is 4. The lowest BCUT2D eigenvalue weighted by Gasteiger charge is -2.36. The van der Waals surface area contributed by atoms with E-state index in [4.69, 9.17) is 16.3 Å². The number of amides is 1. The van der Waals surface area contributed by atoms with Gasteiger partial charge in [-0.05, 0) is 77.8 Å². The van der Waals surface area contributed by atoms with E-state index in [-0.39, 0.29) is 34.2 Å². The minimum atomic E-state index is -0.411. The Morgan fingerprint density at radius 3 is 1.78 bits per heavy atom. The van der Waals surface area contributed by atoms with E-state index in [2.05, 4.69) is 89.7 Å². The van der Waals surface area contributed by atoms with Crippen molar-refractivity contribution in [2.75, 3.05) is 11.9 Å². The molecule has 0 atom stereocenters. The maximum atomic E-state index is 11.8. The number of phenols is 2. The fraction of sp³-hybridized carbons (Fsp3) is 0.538. The topological polar surface area (TPSA) is 142 Å². The molecular weight excluding hydrogens is 654 g/mol. The Morgan fingerprint density at radius 2 is 1.36 bits per heavy atom. The Morgan fingerprint density at radius 1 is 0.880 bits per heavy atom. The number of rotatable bonds is 9. The van der Waals surface area contributed by atoms with Gasteiger partial charge in [0.15, 0.2) is 18.1 Å². The number of H-pyrrole nitrogens is 1. The number of nitrogens with zero attached hydrogens (tertiary/aromatic N) is 3. The molecule has 0 saturated heterocycles. The highest BCUT2D eigenvalue weighted by atomic mass is 35.5. The van der Waals surface area contributed by atoms with Crippen LogP contribution < -0.4 is 5.32 Å². The monoisotopic (exact) mass is 709 g/mol. The number of hydrogen-bond donors (Lipinski definition) is 4. The molecule has 0 bridgehead atoms. The van der Waals surface area contributed by atoms with Crippen LogP contribution >= 0.6 is 11.6 Å². The van der Waals surface area contributed by atoms with E-state index in [0.29, 0.717) is 33.7 Å². The molecule has 274 valence electrons. The van der Waals surface area contributed by atoms with Crippen LogP contribution in [0.1, 0.15) is 113 Å². The van der Waals surface area contributed by atoms with Crippen LogP contribution in [0.4, 0.5) is 5.69 Å². The molecule has 10 nitrogen and oxygen atoms in total. The number of aromatic hydroxyl groups is 2. The fourth-order valence-electron chi connectivity index (χ4n) is 6.74. The lowest BCUT2D eigenvalue weighted by atomic mass is 9.69. The number of benzene rings is 2. The maximum Gasteiger partial charge on any atom is 0.308 e. The van der Waals surface area contributed by atoms with E-state index in [1.165, 1.54) is 4.63 Å². The largest absolute Gasteiger partial charge is 0.508 e. The number of phenolic OH excluding ortho intramolecular Hbond substituents is 2. The first-order valence-corrected chi connectivity index (χ1v) is 17.4. The smallest absolute Gasteiger partial charge is 0.308 e. The van der Waals surface area contributed by atoms with Gasteiger partial charge < -0.3 is 20.3 Å². The molecule has 0 aliphatic rings. The zero-order chi connectivity index (χ0) is 38.0. The first-order valence-electron chi connectivity index (χ1n) is 17.0. The molecule has 4 N–H and O–H groups in total. The van der Waals surface area contributed by atoms with Crippen LogP contribution in [-0.4, -0.2) is 48.5 Å².